The SMILES string of the molecule is Oc1ccc(-n2cc[n+](-c3ccc(O)cc3)c2)cc1.[Cl-]. The summed E-state index contributed by atoms with van der Waals surface area (Å²) < 4.78 is 3.90. The number of phenolic OH excluding ortho intramolecular Hbond substituents is 2. The first-order valence-electron chi connectivity index (χ1n) is 5.90. The highest BCUT2D eigenvalue weighted by atomic mass is 35.5. The highest BCUT2D eigenvalue weighted by molar-refractivity contribution is 5.36. The van der Waals surface area contributed by atoms with E-state index in [-0.39, 0.29) is 23.9 Å². The van der Waals surface area contributed by atoms with Gasteiger partial charge in [-0.1, -0.05) is 0 Å². The number of benzene rings is 2. The van der Waals surface area contributed by atoms with Gasteiger partial charge in [0.15, 0.2) is 0 Å². The number of rotatable bonds is 2. The van der Waals surface area contributed by atoms with E-state index in [2.05, 4.69) is 0 Å². The van der Waals surface area contributed by atoms with Gasteiger partial charge in [-0.3, -0.25) is 0 Å². The Bertz CT molecular complexity index is 631. The van der Waals surface area contributed by atoms with E-state index in [0.717, 1.165) is 11.4 Å². The van der Waals surface area contributed by atoms with E-state index >= 15 is 0 Å². The van der Waals surface area contributed by atoms with E-state index in [9.17, 15) is 10.2 Å². The predicted molar refractivity (Wildman–Crippen MR) is 70.6 cm³/mol. The van der Waals surface area contributed by atoms with Gasteiger partial charge in [0.1, 0.15) is 35.3 Å². The maximum absolute atomic E-state index is 9.27. The Morgan fingerprint density at radius 3 is 1.95 bits per heavy atom. The van der Waals surface area contributed by atoms with Crippen molar-refractivity contribution < 1.29 is 27.2 Å². The number of halogens is 1. The van der Waals surface area contributed by atoms with Crippen LogP contribution in [0.3, 0.4) is 0 Å². The number of aromatic nitrogens is 2. The van der Waals surface area contributed by atoms with E-state index in [1.807, 2.05) is 52.1 Å². The Morgan fingerprint density at radius 2 is 1.35 bits per heavy atom. The number of aromatic hydroxyl groups is 2. The summed E-state index contributed by atoms with van der Waals surface area (Å²) in [4.78, 5) is 0. The molecule has 0 spiro atoms. The Kier molecular flexibility index (Phi) is 3.96. The van der Waals surface area contributed by atoms with Gasteiger partial charge in [-0.15, -0.1) is 0 Å². The molecule has 1 aromatic heterocycles. The van der Waals surface area contributed by atoms with Crippen LogP contribution in [-0.4, -0.2) is 14.8 Å². The molecule has 0 aliphatic carbocycles. The predicted octanol–water partition coefficient (Wildman–Crippen LogP) is -0.831. The van der Waals surface area contributed by atoms with Crippen molar-refractivity contribution in [2.45, 2.75) is 0 Å². The lowest BCUT2D eigenvalue weighted by molar-refractivity contribution is -0.594. The highest BCUT2D eigenvalue weighted by Gasteiger charge is 2.08. The Morgan fingerprint density at radius 1 is 0.800 bits per heavy atom. The number of nitrogens with zero attached hydrogens (tertiary/aromatic N) is 2. The second-order valence-electron chi connectivity index (χ2n) is 4.26. The molecule has 3 aromatic rings. The molecule has 102 valence electrons. The highest BCUT2D eigenvalue weighted by Crippen LogP contribution is 2.14. The molecule has 20 heavy (non-hydrogen) atoms. The minimum atomic E-state index is 0. The van der Waals surface area contributed by atoms with E-state index in [4.69, 9.17) is 0 Å². The zero-order valence-electron chi connectivity index (χ0n) is 10.5. The lowest BCUT2D eigenvalue weighted by Crippen LogP contribution is -3.00. The van der Waals surface area contributed by atoms with Crippen LogP contribution in [0.5, 0.6) is 11.5 Å². The van der Waals surface area contributed by atoms with Crippen LogP contribution in [-0.2, 0) is 0 Å². The maximum atomic E-state index is 9.27. The van der Waals surface area contributed by atoms with Crippen LogP contribution in [0.4, 0.5) is 0 Å². The molecule has 2 N–H and O–H groups in total. The zero-order valence-corrected chi connectivity index (χ0v) is 11.3. The molecule has 0 atom stereocenters. The summed E-state index contributed by atoms with van der Waals surface area (Å²) in [6.45, 7) is 0. The maximum Gasteiger partial charge on any atom is 0.254 e. The average molecular weight is 289 g/mol. The lowest BCUT2D eigenvalue weighted by Gasteiger charge is -1.97. The molecule has 0 fully saturated rings. The minimum Gasteiger partial charge on any atom is -1.00 e. The van der Waals surface area contributed by atoms with Crippen molar-refractivity contribution >= 4 is 0 Å². The molecule has 1 heterocycles. The summed E-state index contributed by atoms with van der Waals surface area (Å²) in [6, 6.07) is 14.0. The molecule has 4 nitrogen and oxygen atoms in total. The van der Waals surface area contributed by atoms with Gasteiger partial charge in [0.2, 0.25) is 0 Å². The van der Waals surface area contributed by atoms with Crippen molar-refractivity contribution in [1.82, 2.24) is 4.57 Å². The van der Waals surface area contributed by atoms with Crippen molar-refractivity contribution in [2.24, 2.45) is 0 Å². The number of imidazole rings is 1. The first kappa shape index (κ1) is 14.0. The second-order valence-corrected chi connectivity index (χ2v) is 4.26. The van der Waals surface area contributed by atoms with Crippen LogP contribution in [0.1, 0.15) is 0 Å². The third-order valence-electron chi connectivity index (χ3n) is 2.93. The Labute approximate surface area is 122 Å². The Hall–Kier alpha value is -2.46. The third-order valence-corrected chi connectivity index (χ3v) is 2.93. The monoisotopic (exact) mass is 288 g/mol. The lowest BCUT2D eigenvalue weighted by atomic mass is 10.3. The second kappa shape index (κ2) is 5.67. The van der Waals surface area contributed by atoms with Crippen LogP contribution >= 0.6 is 0 Å². The van der Waals surface area contributed by atoms with Crippen LogP contribution in [0.2, 0.25) is 0 Å². The van der Waals surface area contributed by atoms with E-state index < -0.39 is 0 Å². The largest absolute Gasteiger partial charge is 1.00 e. The van der Waals surface area contributed by atoms with Gasteiger partial charge in [-0.05, 0) is 48.5 Å². The molecular weight excluding hydrogens is 276 g/mol. The molecule has 2 aromatic carbocycles. The first-order chi connectivity index (χ1) is 9.22. The molecule has 5 heteroatoms. The smallest absolute Gasteiger partial charge is 0.254 e. The van der Waals surface area contributed by atoms with Crippen molar-refractivity contribution in [2.75, 3.05) is 0 Å². The van der Waals surface area contributed by atoms with Gasteiger partial charge in [-0.25, -0.2) is 9.13 Å². The summed E-state index contributed by atoms with van der Waals surface area (Å²) in [5, 5.41) is 18.5. The van der Waals surface area contributed by atoms with Crippen molar-refractivity contribution in [3.8, 4) is 22.9 Å². The van der Waals surface area contributed by atoms with E-state index in [1.165, 1.54) is 0 Å². The van der Waals surface area contributed by atoms with Gasteiger partial charge < -0.3 is 22.6 Å². The van der Waals surface area contributed by atoms with Crippen LogP contribution in [0, 0.1) is 0 Å². The fourth-order valence-electron chi connectivity index (χ4n) is 1.91. The number of phenols is 2. The van der Waals surface area contributed by atoms with E-state index in [0.29, 0.717) is 0 Å². The number of hydrogen-bond acceptors (Lipinski definition) is 2. The summed E-state index contributed by atoms with van der Waals surface area (Å²) in [5.74, 6) is 0.504. The topological polar surface area (TPSA) is 49.3 Å². The summed E-state index contributed by atoms with van der Waals surface area (Å²) in [7, 11) is 0. The molecule has 3 rings (SSSR count). The van der Waals surface area contributed by atoms with Gasteiger partial charge in [0.05, 0.1) is 0 Å². The fraction of sp³-hybridized carbons (Fsp3) is 0. The molecule has 0 bridgehead atoms. The summed E-state index contributed by atoms with van der Waals surface area (Å²) in [5.41, 5.74) is 1.94. The normalized spacial score (nSPS) is 10.0. The van der Waals surface area contributed by atoms with Gasteiger partial charge in [0, 0.05) is 0 Å². The van der Waals surface area contributed by atoms with Crippen molar-refractivity contribution in [1.29, 1.82) is 0 Å². The third kappa shape index (κ3) is 2.75. The summed E-state index contributed by atoms with van der Waals surface area (Å²) >= 11 is 0. The fourth-order valence-corrected chi connectivity index (χ4v) is 1.91. The molecule has 0 saturated carbocycles. The quantitative estimate of drug-likeness (QED) is 0.605. The molecule has 0 aliphatic rings. The average Bonchev–Trinajstić information content (AvgIpc) is 2.90. The van der Waals surface area contributed by atoms with E-state index in [1.54, 1.807) is 24.3 Å². The number of hydrogen-bond donors (Lipinski definition) is 2. The molecular formula is C15H13ClN2O2. The zero-order chi connectivity index (χ0) is 13.2. The Balaban J connectivity index is 0.00000147. The van der Waals surface area contributed by atoms with Gasteiger partial charge >= 0.3 is 0 Å². The molecule has 0 aliphatic heterocycles. The van der Waals surface area contributed by atoms with Crippen LogP contribution in [0.25, 0.3) is 11.4 Å². The van der Waals surface area contributed by atoms with Crippen molar-refractivity contribution in [3.63, 3.8) is 0 Å². The van der Waals surface area contributed by atoms with Gasteiger partial charge in [0.25, 0.3) is 6.33 Å². The van der Waals surface area contributed by atoms with Gasteiger partial charge in [-0.2, -0.15) is 0 Å². The standard InChI is InChI=1S/C15H12N2O2.ClH/c18-14-5-1-12(2-6-14)16-9-10-17(11-16)13-3-7-15(19)8-4-13;/h1-11H,(H-,18,19);1H. The van der Waals surface area contributed by atoms with Crippen LogP contribution < -0.4 is 17.0 Å². The first-order valence-corrected chi connectivity index (χ1v) is 5.90. The van der Waals surface area contributed by atoms with Crippen LogP contribution in [0.15, 0.2) is 67.3 Å². The summed E-state index contributed by atoms with van der Waals surface area (Å²) in [6.07, 6.45) is 5.79. The molecule has 0 radical (unpaired) electrons. The molecule has 0 unspecified atom stereocenters. The molecule has 0 amide bonds. The molecule has 0 saturated heterocycles. The van der Waals surface area contributed by atoms with Crippen molar-refractivity contribution in [3.05, 3.63) is 67.3 Å². The minimum absolute atomic E-state index is 0.